The van der Waals surface area contributed by atoms with Gasteiger partial charge < -0.3 is 4.52 Å². The van der Waals surface area contributed by atoms with Crippen molar-refractivity contribution in [1.82, 2.24) is 10.1 Å². The number of halogens is 1. The molecule has 0 spiro atoms. The number of nitrogens with zero attached hydrogens (tertiary/aromatic N) is 2. The lowest BCUT2D eigenvalue weighted by molar-refractivity contribution is 0.181. The van der Waals surface area contributed by atoms with Crippen LogP contribution < -0.4 is 0 Å². The largest absolute Gasteiger partial charge is 0.361 e. The van der Waals surface area contributed by atoms with E-state index in [1.54, 1.807) is 6.07 Å². The Morgan fingerprint density at radius 3 is 2.90 bits per heavy atom. The molecule has 112 valence electrons. The van der Waals surface area contributed by atoms with Gasteiger partial charge in [-0.15, -0.1) is 0 Å². The van der Waals surface area contributed by atoms with Gasteiger partial charge in [0.25, 0.3) is 0 Å². The molecule has 1 aromatic heterocycles. The Balaban J connectivity index is 1.84. The summed E-state index contributed by atoms with van der Waals surface area (Å²) in [5, 5.41) is 4.18. The zero-order chi connectivity index (χ0) is 14.7. The van der Waals surface area contributed by atoms with Gasteiger partial charge in [-0.25, -0.2) is 4.39 Å². The van der Waals surface area contributed by atoms with Crippen LogP contribution in [0.3, 0.4) is 0 Å². The number of aromatic nitrogens is 1. The van der Waals surface area contributed by atoms with E-state index in [0.29, 0.717) is 6.54 Å². The topological polar surface area (TPSA) is 29.3 Å². The van der Waals surface area contributed by atoms with Gasteiger partial charge in [0.1, 0.15) is 17.3 Å². The summed E-state index contributed by atoms with van der Waals surface area (Å²) in [5.74, 6) is 0.705. The van der Waals surface area contributed by atoms with E-state index < -0.39 is 0 Å². The van der Waals surface area contributed by atoms with Crippen molar-refractivity contribution < 1.29 is 8.91 Å². The number of hydrogen-bond donors (Lipinski definition) is 0. The molecule has 1 fully saturated rings. The van der Waals surface area contributed by atoms with Crippen LogP contribution in [0.15, 0.2) is 34.9 Å². The molecule has 2 aromatic rings. The molecule has 0 bridgehead atoms. The Hall–Kier alpha value is -1.68. The molecule has 1 unspecified atom stereocenters. The third-order valence-corrected chi connectivity index (χ3v) is 4.18. The second-order valence-electron chi connectivity index (χ2n) is 5.79. The van der Waals surface area contributed by atoms with Crippen LogP contribution in [0.25, 0.3) is 0 Å². The van der Waals surface area contributed by atoms with Gasteiger partial charge in [-0.05, 0) is 32.4 Å². The zero-order valence-electron chi connectivity index (χ0n) is 12.4. The Bertz CT molecular complexity index is 596. The highest BCUT2D eigenvalue weighted by atomic mass is 19.1. The highest BCUT2D eigenvalue weighted by molar-refractivity contribution is 5.18. The Morgan fingerprint density at radius 2 is 2.14 bits per heavy atom. The standard InChI is InChI=1S/C17H21FN2O/c1-13-11-16(19-21-13)17-9-3-2-6-10-20(17)12-14-7-4-5-8-15(14)18/h4-5,7-8,11,17H,2-3,6,9-10,12H2,1H3. The molecule has 1 saturated heterocycles. The van der Waals surface area contributed by atoms with Crippen molar-refractivity contribution in [2.75, 3.05) is 6.54 Å². The summed E-state index contributed by atoms with van der Waals surface area (Å²) in [6.45, 7) is 3.52. The summed E-state index contributed by atoms with van der Waals surface area (Å²) < 4.78 is 19.1. The maximum Gasteiger partial charge on any atom is 0.133 e. The number of hydrogen-bond acceptors (Lipinski definition) is 3. The van der Waals surface area contributed by atoms with Crippen LogP contribution in [-0.4, -0.2) is 16.6 Å². The third-order valence-electron chi connectivity index (χ3n) is 4.18. The lowest BCUT2D eigenvalue weighted by Gasteiger charge is -2.28. The lowest BCUT2D eigenvalue weighted by atomic mass is 10.1. The van der Waals surface area contributed by atoms with Crippen molar-refractivity contribution in [1.29, 1.82) is 0 Å². The maximum absolute atomic E-state index is 13.9. The summed E-state index contributed by atoms with van der Waals surface area (Å²) in [6, 6.07) is 9.26. The second-order valence-corrected chi connectivity index (χ2v) is 5.79. The fraction of sp³-hybridized carbons (Fsp3) is 0.471. The predicted octanol–water partition coefficient (Wildman–Crippen LogP) is 4.24. The molecule has 1 atom stereocenters. The first-order valence-electron chi connectivity index (χ1n) is 7.65. The van der Waals surface area contributed by atoms with Gasteiger partial charge in [0.15, 0.2) is 0 Å². The highest BCUT2D eigenvalue weighted by Gasteiger charge is 2.25. The minimum absolute atomic E-state index is 0.128. The number of rotatable bonds is 3. The molecule has 1 aromatic carbocycles. The summed E-state index contributed by atoms with van der Waals surface area (Å²) in [7, 11) is 0. The molecule has 3 nitrogen and oxygen atoms in total. The van der Waals surface area contributed by atoms with Gasteiger partial charge in [0.05, 0.1) is 6.04 Å². The molecule has 0 aliphatic carbocycles. The first kappa shape index (κ1) is 14.3. The van der Waals surface area contributed by atoms with E-state index in [0.717, 1.165) is 36.4 Å². The number of benzene rings is 1. The Labute approximate surface area is 124 Å². The Kier molecular flexibility index (Phi) is 4.34. The molecule has 21 heavy (non-hydrogen) atoms. The van der Waals surface area contributed by atoms with Crippen molar-refractivity contribution in [2.24, 2.45) is 0 Å². The van der Waals surface area contributed by atoms with Crippen LogP contribution >= 0.6 is 0 Å². The molecule has 4 heteroatoms. The van der Waals surface area contributed by atoms with Gasteiger partial charge in [0.2, 0.25) is 0 Å². The van der Waals surface area contributed by atoms with Crippen LogP contribution in [0.4, 0.5) is 4.39 Å². The van der Waals surface area contributed by atoms with Crippen molar-refractivity contribution >= 4 is 0 Å². The normalized spacial score (nSPS) is 20.4. The van der Waals surface area contributed by atoms with Crippen molar-refractivity contribution in [3.05, 3.63) is 53.2 Å². The van der Waals surface area contributed by atoms with Gasteiger partial charge in [-0.3, -0.25) is 4.90 Å². The van der Waals surface area contributed by atoms with E-state index in [1.807, 2.05) is 25.1 Å². The molecule has 3 rings (SSSR count). The van der Waals surface area contributed by atoms with Crippen LogP contribution in [-0.2, 0) is 6.54 Å². The first-order valence-corrected chi connectivity index (χ1v) is 7.65. The van der Waals surface area contributed by atoms with E-state index in [4.69, 9.17) is 4.52 Å². The minimum Gasteiger partial charge on any atom is -0.361 e. The summed E-state index contributed by atoms with van der Waals surface area (Å²) in [5.41, 5.74) is 1.73. The fourth-order valence-electron chi connectivity index (χ4n) is 3.08. The average Bonchev–Trinajstić information content (AvgIpc) is 2.77. The monoisotopic (exact) mass is 288 g/mol. The molecule has 1 aliphatic rings. The van der Waals surface area contributed by atoms with E-state index in [9.17, 15) is 4.39 Å². The molecule has 1 aliphatic heterocycles. The van der Waals surface area contributed by atoms with Crippen LogP contribution in [0.5, 0.6) is 0 Å². The average molecular weight is 288 g/mol. The molecular formula is C17H21FN2O. The van der Waals surface area contributed by atoms with Crippen molar-refractivity contribution in [3.8, 4) is 0 Å². The van der Waals surface area contributed by atoms with E-state index in [1.165, 1.54) is 18.9 Å². The third kappa shape index (κ3) is 3.32. The molecule has 2 heterocycles. The van der Waals surface area contributed by atoms with Crippen LogP contribution in [0, 0.1) is 12.7 Å². The van der Waals surface area contributed by atoms with Crippen molar-refractivity contribution in [2.45, 2.75) is 45.2 Å². The highest BCUT2D eigenvalue weighted by Crippen LogP contribution is 2.31. The lowest BCUT2D eigenvalue weighted by Crippen LogP contribution is -2.28. The molecular weight excluding hydrogens is 267 g/mol. The van der Waals surface area contributed by atoms with E-state index in [2.05, 4.69) is 10.1 Å². The summed E-state index contributed by atoms with van der Waals surface area (Å²) in [6.07, 6.45) is 4.62. The summed E-state index contributed by atoms with van der Waals surface area (Å²) >= 11 is 0. The Morgan fingerprint density at radius 1 is 1.29 bits per heavy atom. The van der Waals surface area contributed by atoms with Gasteiger partial charge in [-0.1, -0.05) is 36.2 Å². The second kappa shape index (κ2) is 6.39. The van der Waals surface area contributed by atoms with Gasteiger partial charge in [-0.2, -0.15) is 0 Å². The van der Waals surface area contributed by atoms with E-state index in [-0.39, 0.29) is 11.9 Å². The summed E-state index contributed by atoms with van der Waals surface area (Å²) in [4.78, 5) is 2.34. The first-order chi connectivity index (χ1) is 10.2. The fourth-order valence-corrected chi connectivity index (χ4v) is 3.08. The van der Waals surface area contributed by atoms with Crippen LogP contribution in [0.1, 0.15) is 48.7 Å². The zero-order valence-corrected chi connectivity index (χ0v) is 12.4. The minimum atomic E-state index is -0.128. The maximum atomic E-state index is 13.9. The number of likely N-dealkylation sites (tertiary alicyclic amines) is 1. The van der Waals surface area contributed by atoms with Gasteiger partial charge in [0, 0.05) is 18.2 Å². The quantitative estimate of drug-likeness (QED) is 0.846. The molecule has 0 amide bonds. The SMILES string of the molecule is Cc1cc(C2CCCCCN2Cc2ccccc2F)no1. The molecule has 0 N–H and O–H groups in total. The molecule has 0 saturated carbocycles. The number of aryl methyl sites for hydroxylation is 1. The van der Waals surface area contributed by atoms with Gasteiger partial charge >= 0.3 is 0 Å². The van der Waals surface area contributed by atoms with E-state index >= 15 is 0 Å². The molecule has 0 radical (unpaired) electrons. The van der Waals surface area contributed by atoms with Crippen LogP contribution in [0.2, 0.25) is 0 Å². The van der Waals surface area contributed by atoms with Crippen molar-refractivity contribution in [3.63, 3.8) is 0 Å². The predicted molar refractivity (Wildman–Crippen MR) is 79.3 cm³/mol. The smallest absolute Gasteiger partial charge is 0.133 e.